The predicted molar refractivity (Wildman–Crippen MR) is 43.0 cm³/mol. The molecule has 0 aliphatic rings. The predicted octanol–water partition coefficient (Wildman–Crippen LogP) is 0.952. The molecule has 0 saturated heterocycles. The monoisotopic (exact) mass is 152 g/mol. The molecule has 1 N–H and O–H groups in total. The molecule has 60 valence electrons. The molecule has 0 aromatic carbocycles. The quantitative estimate of drug-likeness (QED) is 0.652. The number of aliphatic hydroxyl groups is 1. The minimum absolute atomic E-state index is 0.00411. The molecule has 0 atom stereocenters. The van der Waals surface area contributed by atoms with Gasteiger partial charge in [0, 0.05) is 18.9 Å². The minimum atomic E-state index is 0.00411. The van der Waals surface area contributed by atoms with E-state index >= 15 is 0 Å². The van der Waals surface area contributed by atoms with E-state index in [2.05, 4.69) is 11.6 Å². The highest BCUT2D eigenvalue weighted by Crippen LogP contribution is 1.98. The Kier molecular flexibility index (Phi) is 2.86. The molecule has 3 nitrogen and oxygen atoms in total. The summed E-state index contributed by atoms with van der Waals surface area (Å²) in [5.74, 6) is 0.715. The summed E-state index contributed by atoms with van der Waals surface area (Å²) in [5, 5.41) is 8.80. The van der Waals surface area contributed by atoms with Crippen LogP contribution in [-0.2, 0) is 13.2 Å². The zero-order chi connectivity index (χ0) is 8.10. The van der Waals surface area contributed by atoms with Gasteiger partial charge in [-0.1, -0.05) is 6.08 Å². The summed E-state index contributed by atoms with van der Waals surface area (Å²) in [7, 11) is 0. The van der Waals surface area contributed by atoms with Crippen LogP contribution in [0.5, 0.6) is 0 Å². The third-order valence-electron chi connectivity index (χ3n) is 1.52. The Hall–Kier alpha value is -1.09. The van der Waals surface area contributed by atoms with Crippen LogP contribution in [0.25, 0.3) is 0 Å². The Bertz CT molecular complexity index is 230. The van der Waals surface area contributed by atoms with Crippen LogP contribution in [0.3, 0.4) is 0 Å². The number of aryl methyl sites for hydroxylation is 1. The van der Waals surface area contributed by atoms with Crippen LogP contribution >= 0.6 is 0 Å². The van der Waals surface area contributed by atoms with E-state index in [4.69, 9.17) is 5.11 Å². The van der Waals surface area contributed by atoms with Crippen molar-refractivity contribution in [2.24, 2.45) is 0 Å². The van der Waals surface area contributed by atoms with E-state index in [-0.39, 0.29) is 6.61 Å². The average Bonchev–Trinajstić information content (AvgIpc) is 2.47. The SMILES string of the molecule is C=CCCn1ccnc1CO. The lowest BCUT2D eigenvalue weighted by atomic mass is 10.4. The van der Waals surface area contributed by atoms with Gasteiger partial charge in [0.25, 0.3) is 0 Å². The maximum atomic E-state index is 8.80. The van der Waals surface area contributed by atoms with Crippen molar-refractivity contribution >= 4 is 0 Å². The Labute approximate surface area is 66.0 Å². The van der Waals surface area contributed by atoms with E-state index in [9.17, 15) is 0 Å². The lowest BCUT2D eigenvalue weighted by Gasteiger charge is -2.01. The maximum Gasteiger partial charge on any atom is 0.134 e. The van der Waals surface area contributed by atoms with Gasteiger partial charge in [0.1, 0.15) is 12.4 Å². The Morgan fingerprint density at radius 1 is 1.73 bits per heavy atom. The van der Waals surface area contributed by atoms with Crippen molar-refractivity contribution < 1.29 is 5.11 Å². The summed E-state index contributed by atoms with van der Waals surface area (Å²) in [4.78, 5) is 3.97. The number of hydrogen-bond donors (Lipinski definition) is 1. The highest BCUT2D eigenvalue weighted by Gasteiger charge is 1.97. The number of aromatic nitrogens is 2. The van der Waals surface area contributed by atoms with Crippen LogP contribution in [0.4, 0.5) is 0 Å². The van der Waals surface area contributed by atoms with Gasteiger partial charge in [-0.25, -0.2) is 4.98 Å². The first-order valence-corrected chi connectivity index (χ1v) is 3.60. The molecule has 0 saturated carbocycles. The van der Waals surface area contributed by atoms with Crippen LogP contribution in [-0.4, -0.2) is 14.7 Å². The lowest BCUT2D eigenvalue weighted by Crippen LogP contribution is -2.01. The van der Waals surface area contributed by atoms with Gasteiger partial charge < -0.3 is 9.67 Å². The average molecular weight is 152 g/mol. The highest BCUT2D eigenvalue weighted by atomic mass is 16.3. The zero-order valence-corrected chi connectivity index (χ0v) is 6.40. The number of imidazole rings is 1. The summed E-state index contributed by atoms with van der Waals surface area (Å²) in [6, 6.07) is 0. The molecule has 0 amide bonds. The van der Waals surface area contributed by atoms with Gasteiger partial charge in [-0.05, 0) is 6.42 Å². The van der Waals surface area contributed by atoms with Crippen molar-refractivity contribution in [2.45, 2.75) is 19.6 Å². The lowest BCUT2D eigenvalue weighted by molar-refractivity contribution is 0.265. The van der Waals surface area contributed by atoms with E-state index in [0.29, 0.717) is 5.82 Å². The molecule has 0 aliphatic carbocycles. The van der Waals surface area contributed by atoms with Crippen molar-refractivity contribution in [3.05, 3.63) is 30.9 Å². The molecule has 0 radical (unpaired) electrons. The third-order valence-corrected chi connectivity index (χ3v) is 1.52. The Morgan fingerprint density at radius 2 is 2.55 bits per heavy atom. The van der Waals surface area contributed by atoms with Crippen LogP contribution < -0.4 is 0 Å². The minimum Gasteiger partial charge on any atom is -0.388 e. The zero-order valence-electron chi connectivity index (χ0n) is 6.40. The maximum absolute atomic E-state index is 8.80. The summed E-state index contributed by atoms with van der Waals surface area (Å²) < 4.78 is 1.92. The largest absolute Gasteiger partial charge is 0.388 e. The molecule has 0 aliphatic heterocycles. The number of nitrogens with zero attached hydrogens (tertiary/aromatic N) is 2. The van der Waals surface area contributed by atoms with E-state index < -0.39 is 0 Å². The van der Waals surface area contributed by atoms with Crippen LogP contribution in [0.15, 0.2) is 25.0 Å². The molecule has 0 unspecified atom stereocenters. The van der Waals surface area contributed by atoms with Gasteiger partial charge in [-0.2, -0.15) is 0 Å². The Morgan fingerprint density at radius 3 is 3.18 bits per heavy atom. The van der Waals surface area contributed by atoms with Crippen LogP contribution in [0.2, 0.25) is 0 Å². The Balaban J connectivity index is 2.60. The van der Waals surface area contributed by atoms with E-state index in [1.165, 1.54) is 0 Å². The second kappa shape index (κ2) is 3.93. The standard InChI is InChI=1S/C8H12N2O/c1-2-3-5-10-6-4-9-8(10)7-11/h2,4,6,11H,1,3,5,7H2. The molecule has 0 fully saturated rings. The second-order valence-corrected chi connectivity index (χ2v) is 2.27. The van der Waals surface area contributed by atoms with E-state index in [0.717, 1.165) is 13.0 Å². The molecule has 0 bridgehead atoms. The number of aliphatic hydroxyl groups excluding tert-OH is 1. The van der Waals surface area contributed by atoms with Crippen molar-refractivity contribution in [1.82, 2.24) is 9.55 Å². The van der Waals surface area contributed by atoms with Gasteiger partial charge in [0.2, 0.25) is 0 Å². The fraction of sp³-hybridized carbons (Fsp3) is 0.375. The summed E-state index contributed by atoms with van der Waals surface area (Å²) >= 11 is 0. The second-order valence-electron chi connectivity index (χ2n) is 2.27. The first-order chi connectivity index (χ1) is 5.38. The molecule has 1 heterocycles. The van der Waals surface area contributed by atoms with Gasteiger partial charge in [-0.15, -0.1) is 6.58 Å². The molecular weight excluding hydrogens is 140 g/mol. The number of rotatable bonds is 4. The van der Waals surface area contributed by atoms with Crippen LogP contribution in [0, 0.1) is 0 Å². The number of allylic oxidation sites excluding steroid dienone is 1. The van der Waals surface area contributed by atoms with Gasteiger partial charge in [0.15, 0.2) is 0 Å². The summed E-state index contributed by atoms with van der Waals surface area (Å²) in [6.45, 7) is 4.47. The molecule has 3 heteroatoms. The molecule has 1 rings (SSSR count). The summed E-state index contributed by atoms with van der Waals surface area (Å²) in [6.07, 6.45) is 6.30. The molecule has 0 spiro atoms. The van der Waals surface area contributed by atoms with Crippen molar-refractivity contribution in [3.8, 4) is 0 Å². The first-order valence-electron chi connectivity index (χ1n) is 3.60. The third kappa shape index (κ3) is 1.91. The van der Waals surface area contributed by atoms with Gasteiger partial charge in [0.05, 0.1) is 0 Å². The highest BCUT2D eigenvalue weighted by molar-refractivity contribution is 4.90. The normalized spacial score (nSPS) is 9.91. The molecular formula is C8H12N2O. The first kappa shape index (κ1) is 8.01. The van der Waals surface area contributed by atoms with E-state index in [1.54, 1.807) is 6.20 Å². The van der Waals surface area contributed by atoms with Crippen molar-refractivity contribution in [3.63, 3.8) is 0 Å². The number of hydrogen-bond acceptors (Lipinski definition) is 2. The molecule has 11 heavy (non-hydrogen) atoms. The van der Waals surface area contributed by atoms with Crippen molar-refractivity contribution in [1.29, 1.82) is 0 Å². The smallest absolute Gasteiger partial charge is 0.134 e. The topological polar surface area (TPSA) is 38.0 Å². The fourth-order valence-corrected chi connectivity index (χ4v) is 0.926. The molecule has 1 aromatic rings. The fourth-order valence-electron chi connectivity index (χ4n) is 0.926. The van der Waals surface area contributed by atoms with Gasteiger partial charge in [-0.3, -0.25) is 0 Å². The van der Waals surface area contributed by atoms with Gasteiger partial charge >= 0.3 is 0 Å². The van der Waals surface area contributed by atoms with Crippen LogP contribution in [0.1, 0.15) is 12.2 Å². The summed E-state index contributed by atoms with van der Waals surface area (Å²) in [5.41, 5.74) is 0. The van der Waals surface area contributed by atoms with Crippen molar-refractivity contribution in [2.75, 3.05) is 0 Å². The van der Waals surface area contributed by atoms with E-state index in [1.807, 2.05) is 16.8 Å². The molecule has 1 aromatic heterocycles.